The number of hydrogen-bond acceptors (Lipinski definition) is 6. The summed E-state index contributed by atoms with van der Waals surface area (Å²) in [4.78, 5) is 17.4. The van der Waals surface area contributed by atoms with E-state index in [0.29, 0.717) is 23.9 Å². The molecule has 1 aliphatic heterocycles. The van der Waals surface area contributed by atoms with Gasteiger partial charge in [0.1, 0.15) is 23.6 Å². The standard InChI is InChI=1S/C23H26N2O5/c26-22(27)10-5-17-11-13-25(14-12-17)15-16-28-18-6-8-19(9-7-18)29-23-24-20-3-1-2-4-21(20)30-23/h1-4,6-9,17H,5,10-16H2,(H,26,27). The van der Waals surface area contributed by atoms with Crippen molar-refractivity contribution < 1.29 is 23.8 Å². The van der Waals surface area contributed by atoms with Crippen molar-refractivity contribution in [3.63, 3.8) is 0 Å². The molecule has 1 saturated heterocycles. The van der Waals surface area contributed by atoms with Crippen LogP contribution in [0.3, 0.4) is 0 Å². The van der Waals surface area contributed by atoms with Crippen LogP contribution in [0.1, 0.15) is 25.7 Å². The van der Waals surface area contributed by atoms with Gasteiger partial charge < -0.3 is 19.0 Å². The van der Waals surface area contributed by atoms with Gasteiger partial charge in [-0.3, -0.25) is 9.69 Å². The predicted molar refractivity (Wildman–Crippen MR) is 112 cm³/mol. The Hall–Kier alpha value is -3.06. The minimum Gasteiger partial charge on any atom is -0.492 e. The van der Waals surface area contributed by atoms with E-state index in [0.717, 1.165) is 50.2 Å². The van der Waals surface area contributed by atoms with Crippen molar-refractivity contribution in [2.75, 3.05) is 26.2 Å². The van der Waals surface area contributed by atoms with Crippen molar-refractivity contribution in [2.45, 2.75) is 25.7 Å². The maximum Gasteiger partial charge on any atom is 0.400 e. The van der Waals surface area contributed by atoms with Crippen molar-refractivity contribution in [1.29, 1.82) is 0 Å². The van der Waals surface area contributed by atoms with Crippen LogP contribution < -0.4 is 9.47 Å². The van der Waals surface area contributed by atoms with Gasteiger partial charge in [-0.05, 0) is 74.7 Å². The second kappa shape index (κ2) is 9.63. The van der Waals surface area contributed by atoms with E-state index in [4.69, 9.17) is 19.0 Å². The highest BCUT2D eigenvalue weighted by Gasteiger charge is 2.19. The average molecular weight is 410 g/mol. The van der Waals surface area contributed by atoms with Crippen LogP contribution in [-0.2, 0) is 4.79 Å². The van der Waals surface area contributed by atoms with E-state index in [9.17, 15) is 4.79 Å². The van der Waals surface area contributed by atoms with E-state index in [-0.39, 0.29) is 12.5 Å². The molecule has 4 rings (SSSR count). The summed E-state index contributed by atoms with van der Waals surface area (Å²) in [6.07, 6.45) is 3.42. The van der Waals surface area contributed by atoms with Crippen LogP contribution in [0, 0.1) is 5.92 Å². The first-order valence-corrected chi connectivity index (χ1v) is 10.4. The van der Waals surface area contributed by atoms with E-state index < -0.39 is 5.97 Å². The lowest BCUT2D eigenvalue weighted by molar-refractivity contribution is -0.137. The Morgan fingerprint density at radius 1 is 1.10 bits per heavy atom. The van der Waals surface area contributed by atoms with Crippen LogP contribution in [0.25, 0.3) is 11.1 Å². The van der Waals surface area contributed by atoms with E-state index in [2.05, 4.69) is 9.88 Å². The third-order valence-electron chi connectivity index (χ3n) is 5.45. The van der Waals surface area contributed by atoms with Gasteiger partial charge in [-0.1, -0.05) is 12.1 Å². The summed E-state index contributed by atoms with van der Waals surface area (Å²) < 4.78 is 17.1. The second-order valence-electron chi connectivity index (χ2n) is 7.59. The highest BCUT2D eigenvalue weighted by molar-refractivity contribution is 5.72. The van der Waals surface area contributed by atoms with Crippen molar-refractivity contribution in [2.24, 2.45) is 5.92 Å². The quantitative estimate of drug-likeness (QED) is 0.553. The fraction of sp³-hybridized carbons (Fsp3) is 0.391. The molecule has 1 aliphatic rings. The highest BCUT2D eigenvalue weighted by atomic mass is 16.6. The van der Waals surface area contributed by atoms with Crippen LogP contribution in [0.15, 0.2) is 52.9 Å². The minimum atomic E-state index is -0.698. The molecule has 7 nitrogen and oxygen atoms in total. The van der Waals surface area contributed by atoms with E-state index in [1.165, 1.54) is 0 Å². The Morgan fingerprint density at radius 3 is 2.57 bits per heavy atom. The zero-order valence-corrected chi connectivity index (χ0v) is 16.8. The predicted octanol–water partition coefficient (Wildman–Crippen LogP) is 4.58. The number of aromatic nitrogens is 1. The van der Waals surface area contributed by atoms with Gasteiger partial charge in [0.15, 0.2) is 5.58 Å². The van der Waals surface area contributed by atoms with Gasteiger partial charge in [-0.2, -0.15) is 4.98 Å². The molecule has 0 unspecified atom stereocenters. The number of piperidine rings is 1. The summed E-state index contributed by atoms with van der Waals surface area (Å²) in [5, 5.41) is 8.80. The number of ether oxygens (including phenoxy) is 2. The van der Waals surface area contributed by atoms with E-state index >= 15 is 0 Å². The first-order chi connectivity index (χ1) is 14.7. The van der Waals surface area contributed by atoms with Gasteiger partial charge in [-0.25, -0.2) is 0 Å². The number of hydrogen-bond donors (Lipinski definition) is 1. The number of nitrogens with zero attached hydrogens (tertiary/aromatic N) is 2. The molecule has 0 bridgehead atoms. The number of benzene rings is 2. The summed E-state index contributed by atoms with van der Waals surface area (Å²) in [5.74, 6) is 1.26. The molecular formula is C23H26N2O5. The lowest BCUT2D eigenvalue weighted by Crippen LogP contribution is -2.36. The second-order valence-corrected chi connectivity index (χ2v) is 7.59. The third-order valence-corrected chi connectivity index (χ3v) is 5.45. The van der Waals surface area contributed by atoms with Crippen LogP contribution in [0.4, 0.5) is 0 Å². The van der Waals surface area contributed by atoms with E-state index in [1.54, 1.807) is 0 Å². The number of oxazole rings is 1. The lowest BCUT2D eigenvalue weighted by Gasteiger charge is -2.31. The molecule has 2 heterocycles. The number of likely N-dealkylation sites (tertiary alicyclic amines) is 1. The fourth-order valence-electron chi connectivity index (χ4n) is 3.72. The van der Waals surface area contributed by atoms with Crippen molar-refractivity contribution in [3.8, 4) is 17.6 Å². The summed E-state index contributed by atoms with van der Waals surface area (Å²) >= 11 is 0. The molecule has 0 atom stereocenters. The highest BCUT2D eigenvalue weighted by Crippen LogP contribution is 2.27. The van der Waals surface area contributed by atoms with Gasteiger partial charge in [0.25, 0.3) is 0 Å². The molecule has 1 fully saturated rings. The number of carbonyl (C=O) groups is 1. The summed E-state index contributed by atoms with van der Waals surface area (Å²) in [6.45, 7) is 3.49. The normalized spacial score (nSPS) is 15.3. The Balaban J connectivity index is 1.18. The SMILES string of the molecule is O=C(O)CCC1CCN(CCOc2ccc(Oc3nc4ccccc4o3)cc2)CC1. The number of rotatable bonds is 9. The topological polar surface area (TPSA) is 85.0 Å². The molecular weight excluding hydrogens is 384 g/mol. The first-order valence-electron chi connectivity index (χ1n) is 10.4. The summed E-state index contributed by atoms with van der Waals surface area (Å²) in [5.41, 5.74) is 1.46. The molecule has 3 aromatic rings. The zero-order chi connectivity index (χ0) is 20.8. The number of carboxylic acids is 1. The lowest BCUT2D eigenvalue weighted by atomic mass is 9.92. The van der Waals surface area contributed by atoms with Crippen molar-refractivity contribution in [3.05, 3.63) is 48.5 Å². The molecule has 30 heavy (non-hydrogen) atoms. The average Bonchev–Trinajstić information content (AvgIpc) is 3.17. The largest absolute Gasteiger partial charge is 0.492 e. The molecule has 2 aromatic carbocycles. The zero-order valence-electron chi connectivity index (χ0n) is 16.8. The Morgan fingerprint density at radius 2 is 1.83 bits per heavy atom. The van der Waals surface area contributed by atoms with Crippen LogP contribution in [0.2, 0.25) is 0 Å². The maximum atomic E-state index is 10.7. The molecule has 0 aliphatic carbocycles. The Bertz CT molecular complexity index is 928. The van der Waals surface area contributed by atoms with Crippen molar-refractivity contribution in [1.82, 2.24) is 9.88 Å². The van der Waals surface area contributed by atoms with Gasteiger partial charge >= 0.3 is 12.0 Å². The van der Waals surface area contributed by atoms with Gasteiger partial charge in [-0.15, -0.1) is 0 Å². The summed E-state index contributed by atoms with van der Waals surface area (Å²) in [6, 6.07) is 14.9. The fourth-order valence-corrected chi connectivity index (χ4v) is 3.72. The van der Waals surface area contributed by atoms with Gasteiger partial charge in [0.05, 0.1) is 0 Å². The molecule has 7 heteroatoms. The minimum absolute atomic E-state index is 0.219. The van der Waals surface area contributed by atoms with Gasteiger partial charge in [0.2, 0.25) is 0 Å². The Kier molecular flexibility index (Phi) is 6.49. The molecule has 1 N–H and O–H groups in total. The molecule has 0 saturated carbocycles. The van der Waals surface area contributed by atoms with Crippen molar-refractivity contribution >= 4 is 17.1 Å². The van der Waals surface area contributed by atoms with Crippen LogP contribution in [-0.4, -0.2) is 47.2 Å². The number of aliphatic carboxylic acids is 1. The molecule has 0 amide bonds. The molecule has 158 valence electrons. The number of fused-ring (bicyclic) bond motifs is 1. The molecule has 0 radical (unpaired) electrons. The number of carboxylic acid groups (broad SMARTS) is 1. The van der Waals surface area contributed by atoms with Crippen LogP contribution >= 0.6 is 0 Å². The molecule has 1 aromatic heterocycles. The first kappa shape index (κ1) is 20.2. The van der Waals surface area contributed by atoms with E-state index in [1.807, 2.05) is 48.5 Å². The maximum absolute atomic E-state index is 10.7. The van der Waals surface area contributed by atoms with Crippen LogP contribution in [0.5, 0.6) is 17.6 Å². The monoisotopic (exact) mass is 410 g/mol. The van der Waals surface area contributed by atoms with Gasteiger partial charge in [0, 0.05) is 13.0 Å². The third kappa shape index (κ3) is 5.51. The smallest absolute Gasteiger partial charge is 0.400 e. The molecule has 0 spiro atoms. The number of para-hydroxylation sites is 2. The Labute approximate surface area is 175 Å². The summed E-state index contributed by atoms with van der Waals surface area (Å²) in [7, 11) is 0.